The van der Waals surface area contributed by atoms with Crippen molar-refractivity contribution >= 4 is 33.0 Å². The highest BCUT2D eigenvalue weighted by atomic mass is 79.9. The van der Waals surface area contributed by atoms with Crippen molar-refractivity contribution in [2.75, 3.05) is 14.2 Å². The van der Waals surface area contributed by atoms with Crippen molar-refractivity contribution < 1.29 is 9.53 Å². The number of methoxy groups -OCH3 is 1. The largest absolute Gasteiger partial charge is 0.497 e. The number of ketones is 1. The van der Waals surface area contributed by atoms with E-state index in [1.807, 2.05) is 38.2 Å². The fourth-order valence-corrected chi connectivity index (χ4v) is 3.25. The van der Waals surface area contributed by atoms with Gasteiger partial charge < -0.3 is 4.74 Å². The van der Waals surface area contributed by atoms with Gasteiger partial charge in [0, 0.05) is 12.1 Å². The second-order valence-corrected chi connectivity index (χ2v) is 7.23. The van der Waals surface area contributed by atoms with Crippen LogP contribution in [-0.4, -0.2) is 30.9 Å². The van der Waals surface area contributed by atoms with Crippen molar-refractivity contribution in [2.24, 2.45) is 0 Å². The number of likely N-dealkylation sites (N-methyl/N-ethyl adjacent to an activating group) is 1. The Morgan fingerprint density at radius 1 is 1.38 bits per heavy atom. The molecule has 5 heteroatoms. The molecule has 2 aromatic rings. The lowest BCUT2D eigenvalue weighted by Crippen LogP contribution is -2.35. The molecule has 1 heterocycles. The first-order chi connectivity index (χ1) is 10.0. The molecule has 1 atom stereocenters. The van der Waals surface area contributed by atoms with Gasteiger partial charge in [0.05, 0.1) is 16.9 Å². The number of halogens is 1. The molecule has 0 aliphatic rings. The molecule has 0 saturated carbocycles. The minimum Gasteiger partial charge on any atom is -0.497 e. The number of nitrogens with zero attached hydrogens (tertiary/aromatic N) is 1. The molecule has 21 heavy (non-hydrogen) atoms. The molecule has 0 bridgehead atoms. The van der Waals surface area contributed by atoms with Gasteiger partial charge in [-0.3, -0.25) is 9.69 Å². The van der Waals surface area contributed by atoms with E-state index < -0.39 is 0 Å². The van der Waals surface area contributed by atoms with Gasteiger partial charge in [-0.1, -0.05) is 0 Å². The minimum absolute atomic E-state index is 0.120. The number of Topliss-reactive ketones (excluding diaryl/α,β-unsaturated/α-hetero) is 1. The van der Waals surface area contributed by atoms with E-state index in [1.165, 1.54) is 5.56 Å². The molecule has 0 fully saturated rings. The maximum Gasteiger partial charge on any atom is 0.179 e. The van der Waals surface area contributed by atoms with E-state index in [1.54, 1.807) is 18.4 Å². The highest BCUT2D eigenvalue weighted by molar-refractivity contribution is 9.11. The van der Waals surface area contributed by atoms with E-state index in [9.17, 15) is 4.79 Å². The van der Waals surface area contributed by atoms with Crippen LogP contribution >= 0.6 is 27.3 Å². The summed E-state index contributed by atoms with van der Waals surface area (Å²) in [5.41, 5.74) is 1.92. The molecule has 112 valence electrons. The molecule has 0 radical (unpaired) electrons. The smallest absolute Gasteiger partial charge is 0.179 e. The summed E-state index contributed by atoms with van der Waals surface area (Å²) in [7, 11) is 3.59. The van der Waals surface area contributed by atoms with Crippen LogP contribution in [0, 0.1) is 0 Å². The Morgan fingerprint density at radius 2 is 2.05 bits per heavy atom. The Hall–Kier alpha value is -1.17. The lowest BCUT2D eigenvalue weighted by molar-refractivity contribution is 0.0862. The topological polar surface area (TPSA) is 29.5 Å². The zero-order valence-corrected chi connectivity index (χ0v) is 14.7. The lowest BCUT2D eigenvalue weighted by Gasteiger charge is -2.23. The van der Waals surface area contributed by atoms with Crippen LogP contribution in [0.3, 0.4) is 0 Å². The predicted molar refractivity (Wildman–Crippen MR) is 90.3 cm³/mol. The molecular formula is C16H18BrNO2S. The van der Waals surface area contributed by atoms with E-state index in [-0.39, 0.29) is 11.8 Å². The van der Waals surface area contributed by atoms with Gasteiger partial charge in [0.25, 0.3) is 0 Å². The van der Waals surface area contributed by atoms with E-state index in [0.717, 1.165) is 16.1 Å². The fraction of sp³-hybridized carbons (Fsp3) is 0.312. The number of thiophene rings is 1. The summed E-state index contributed by atoms with van der Waals surface area (Å²) in [6, 6.07) is 9.17. The molecule has 0 aliphatic carbocycles. The Labute approximate surface area is 137 Å². The molecular weight excluding hydrogens is 350 g/mol. The van der Waals surface area contributed by atoms with Crippen molar-refractivity contribution in [1.82, 2.24) is 4.90 Å². The highest BCUT2D eigenvalue weighted by Gasteiger charge is 2.20. The lowest BCUT2D eigenvalue weighted by atomic mass is 10.0. The normalized spacial score (nSPS) is 12.4. The van der Waals surface area contributed by atoms with E-state index in [0.29, 0.717) is 5.56 Å². The van der Waals surface area contributed by atoms with Crippen molar-refractivity contribution in [3.8, 4) is 5.75 Å². The Balaban J connectivity index is 2.03. The van der Waals surface area contributed by atoms with Gasteiger partial charge in [-0.05, 0) is 71.2 Å². The maximum atomic E-state index is 12.5. The van der Waals surface area contributed by atoms with Gasteiger partial charge >= 0.3 is 0 Å². The van der Waals surface area contributed by atoms with Gasteiger partial charge in [-0.2, -0.15) is 0 Å². The number of benzene rings is 1. The third-order valence-electron chi connectivity index (χ3n) is 3.47. The van der Waals surface area contributed by atoms with Crippen LogP contribution < -0.4 is 4.74 Å². The van der Waals surface area contributed by atoms with Crippen LogP contribution in [-0.2, 0) is 6.54 Å². The number of ether oxygens (including phenoxy) is 1. The minimum atomic E-state index is -0.169. The number of hydrogen-bond donors (Lipinski definition) is 0. The number of carbonyl (C=O) groups excluding carboxylic acids is 1. The second kappa shape index (κ2) is 7.20. The molecule has 1 aromatic heterocycles. The third-order valence-corrected chi connectivity index (χ3v) is 5.02. The molecule has 0 N–H and O–H groups in total. The first-order valence-electron chi connectivity index (χ1n) is 6.62. The van der Waals surface area contributed by atoms with Crippen LogP contribution in [0.1, 0.15) is 22.8 Å². The average Bonchev–Trinajstić information content (AvgIpc) is 2.90. The Kier molecular flexibility index (Phi) is 5.56. The summed E-state index contributed by atoms with van der Waals surface area (Å²) < 4.78 is 6.22. The summed E-state index contributed by atoms with van der Waals surface area (Å²) in [4.78, 5) is 14.5. The monoisotopic (exact) mass is 367 g/mol. The number of hydrogen-bond acceptors (Lipinski definition) is 4. The summed E-state index contributed by atoms with van der Waals surface area (Å²) in [5.74, 6) is 0.880. The van der Waals surface area contributed by atoms with Crippen molar-refractivity contribution in [3.63, 3.8) is 0 Å². The highest BCUT2D eigenvalue weighted by Crippen LogP contribution is 2.22. The van der Waals surface area contributed by atoms with Crippen molar-refractivity contribution in [3.05, 3.63) is 50.6 Å². The van der Waals surface area contributed by atoms with Crippen molar-refractivity contribution in [2.45, 2.75) is 19.5 Å². The molecule has 3 nitrogen and oxygen atoms in total. The van der Waals surface area contributed by atoms with Crippen LogP contribution in [0.5, 0.6) is 5.75 Å². The molecule has 1 unspecified atom stereocenters. The summed E-state index contributed by atoms with van der Waals surface area (Å²) in [6.45, 7) is 2.69. The van der Waals surface area contributed by atoms with Crippen molar-refractivity contribution in [1.29, 1.82) is 0 Å². The zero-order chi connectivity index (χ0) is 15.4. The molecule has 0 amide bonds. The molecule has 0 spiro atoms. The standard InChI is InChI=1S/C16H18BrNO2S/c1-11(18(2)9-12-8-15(17)21-10-12)16(19)13-4-6-14(20-3)7-5-13/h4-8,10-11H,9H2,1-3H3. The zero-order valence-electron chi connectivity index (χ0n) is 12.3. The SMILES string of the molecule is COc1ccc(C(=O)C(C)N(C)Cc2csc(Br)c2)cc1. The Morgan fingerprint density at radius 3 is 2.57 bits per heavy atom. The van der Waals surface area contributed by atoms with Gasteiger partial charge in [-0.15, -0.1) is 11.3 Å². The quantitative estimate of drug-likeness (QED) is 0.715. The van der Waals surface area contributed by atoms with Gasteiger partial charge in [0.1, 0.15) is 5.75 Å². The predicted octanol–water partition coefficient (Wildman–Crippen LogP) is 4.22. The fourth-order valence-electron chi connectivity index (χ4n) is 2.05. The molecule has 2 rings (SSSR count). The first-order valence-corrected chi connectivity index (χ1v) is 8.30. The second-order valence-electron chi connectivity index (χ2n) is 4.94. The van der Waals surface area contributed by atoms with Gasteiger partial charge in [0.15, 0.2) is 5.78 Å². The van der Waals surface area contributed by atoms with Crippen LogP contribution in [0.2, 0.25) is 0 Å². The molecule has 0 saturated heterocycles. The van der Waals surface area contributed by atoms with Gasteiger partial charge in [0.2, 0.25) is 0 Å². The number of carbonyl (C=O) groups is 1. The average molecular weight is 368 g/mol. The Bertz CT molecular complexity index is 609. The summed E-state index contributed by atoms with van der Waals surface area (Å²) in [5, 5.41) is 2.10. The van der Waals surface area contributed by atoms with E-state index in [4.69, 9.17) is 4.74 Å². The number of rotatable bonds is 6. The van der Waals surface area contributed by atoms with E-state index in [2.05, 4.69) is 32.3 Å². The van der Waals surface area contributed by atoms with Crippen LogP contribution in [0.4, 0.5) is 0 Å². The maximum absolute atomic E-state index is 12.5. The summed E-state index contributed by atoms with van der Waals surface area (Å²) in [6.07, 6.45) is 0. The third kappa shape index (κ3) is 4.15. The molecule has 0 aliphatic heterocycles. The van der Waals surface area contributed by atoms with Crippen LogP contribution in [0.15, 0.2) is 39.5 Å². The van der Waals surface area contributed by atoms with E-state index >= 15 is 0 Å². The molecule has 1 aromatic carbocycles. The summed E-state index contributed by atoms with van der Waals surface area (Å²) >= 11 is 5.12. The van der Waals surface area contributed by atoms with Crippen LogP contribution in [0.25, 0.3) is 0 Å². The van der Waals surface area contributed by atoms with Gasteiger partial charge in [-0.25, -0.2) is 0 Å². The first kappa shape index (κ1) is 16.2.